The summed E-state index contributed by atoms with van der Waals surface area (Å²) < 4.78 is 5.36. The summed E-state index contributed by atoms with van der Waals surface area (Å²) >= 11 is 8.98. The third kappa shape index (κ3) is 2.79. The summed E-state index contributed by atoms with van der Waals surface area (Å²) in [7, 11) is 0. The number of benzene rings is 1. The molecule has 0 aliphatic carbocycles. The Morgan fingerprint density at radius 2 is 2.27 bits per heavy atom. The first-order chi connectivity index (χ1) is 7.10. The molecule has 0 aromatic heterocycles. The standard InChI is InChI=1S/C10H8BrClO3/c1-2-15-10(14)7-4-9(12)8(11)3-6(7)5-13/h3-5H,2H2,1H3. The van der Waals surface area contributed by atoms with Crippen LogP contribution in [-0.4, -0.2) is 18.9 Å². The smallest absolute Gasteiger partial charge is 0.338 e. The zero-order valence-electron chi connectivity index (χ0n) is 7.92. The zero-order valence-corrected chi connectivity index (χ0v) is 10.3. The van der Waals surface area contributed by atoms with Crippen molar-refractivity contribution in [3.63, 3.8) is 0 Å². The molecule has 1 aromatic carbocycles. The van der Waals surface area contributed by atoms with E-state index in [1.54, 1.807) is 6.92 Å². The molecule has 0 amide bonds. The number of rotatable bonds is 3. The van der Waals surface area contributed by atoms with Crippen LogP contribution >= 0.6 is 27.5 Å². The number of ether oxygens (including phenoxy) is 1. The zero-order chi connectivity index (χ0) is 11.4. The highest BCUT2D eigenvalue weighted by molar-refractivity contribution is 9.10. The van der Waals surface area contributed by atoms with Gasteiger partial charge in [0.2, 0.25) is 0 Å². The molecule has 3 nitrogen and oxygen atoms in total. The Balaban J connectivity index is 3.21. The first kappa shape index (κ1) is 12.2. The lowest BCUT2D eigenvalue weighted by Crippen LogP contribution is -2.08. The van der Waals surface area contributed by atoms with Gasteiger partial charge >= 0.3 is 5.97 Å². The van der Waals surface area contributed by atoms with Crippen LogP contribution in [0.1, 0.15) is 27.6 Å². The van der Waals surface area contributed by atoms with E-state index < -0.39 is 5.97 Å². The highest BCUT2D eigenvalue weighted by Crippen LogP contribution is 2.26. The Hall–Kier alpha value is -0.870. The van der Waals surface area contributed by atoms with Gasteiger partial charge < -0.3 is 4.74 Å². The van der Waals surface area contributed by atoms with E-state index in [0.717, 1.165) is 0 Å². The minimum Gasteiger partial charge on any atom is -0.462 e. The Morgan fingerprint density at radius 1 is 1.60 bits per heavy atom. The predicted molar refractivity (Wildman–Crippen MR) is 60.5 cm³/mol. The third-order valence-electron chi connectivity index (χ3n) is 1.71. The Morgan fingerprint density at radius 3 is 2.80 bits per heavy atom. The molecule has 0 bridgehead atoms. The molecule has 1 aromatic rings. The van der Waals surface area contributed by atoms with Gasteiger partial charge in [0, 0.05) is 10.0 Å². The van der Waals surface area contributed by atoms with Crippen LogP contribution in [0.3, 0.4) is 0 Å². The molecule has 80 valence electrons. The summed E-state index contributed by atoms with van der Waals surface area (Å²) in [6.07, 6.45) is 0.591. The van der Waals surface area contributed by atoms with Crippen molar-refractivity contribution in [3.8, 4) is 0 Å². The van der Waals surface area contributed by atoms with Crippen LogP contribution < -0.4 is 0 Å². The van der Waals surface area contributed by atoms with Crippen molar-refractivity contribution in [1.29, 1.82) is 0 Å². The van der Waals surface area contributed by atoms with E-state index in [9.17, 15) is 9.59 Å². The fourth-order valence-electron chi connectivity index (χ4n) is 1.05. The minimum absolute atomic E-state index is 0.181. The fraction of sp³-hybridized carbons (Fsp3) is 0.200. The lowest BCUT2D eigenvalue weighted by molar-refractivity contribution is 0.0524. The van der Waals surface area contributed by atoms with Gasteiger partial charge in [0.25, 0.3) is 0 Å². The monoisotopic (exact) mass is 290 g/mol. The molecule has 0 radical (unpaired) electrons. The molecule has 0 atom stereocenters. The van der Waals surface area contributed by atoms with Crippen LogP contribution in [0.4, 0.5) is 0 Å². The van der Waals surface area contributed by atoms with E-state index in [1.807, 2.05) is 0 Å². The molecule has 5 heteroatoms. The van der Waals surface area contributed by atoms with Crippen LogP contribution in [0.5, 0.6) is 0 Å². The summed E-state index contributed by atoms with van der Waals surface area (Å²) in [6, 6.07) is 2.90. The van der Waals surface area contributed by atoms with Gasteiger partial charge in [-0.3, -0.25) is 4.79 Å². The molecule has 0 unspecified atom stereocenters. The highest BCUT2D eigenvalue weighted by atomic mass is 79.9. The molecule has 0 aliphatic heterocycles. The molecule has 0 heterocycles. The van der Waals surface area contributed by atoms with E-state index in [-0.39, 0.29) is 17.7 Å². The number of carbonyl (C=O) groups is 2. The average Bonchev–Trinajstić information content (AvgIpc) is 2.21. The largest absolute Gasteiger partial charge is 0.462 e. The second kappa shape index (κ2) is 5.28. The van der Waals surface area contributed by atoms with Crippen molar-refractivity contribution >= 4 is 39.8 Å². The molecule has 0 spiro atoms. The summed E-state index contributed by atoms with van der Waals surface area (Å²) in [4.78, 5) is 22.2. The van der Waals surface area contributed by atoms with Gasteiger partial charge in [0.15, 0.2) is 6.29 Å². The third-order valence-corrected chi connectivity index (χ3v) is 2.91. The Labute approximate surface area is 100 Å². The summed E-state index contributed by atoms with van der Waals surface area (Å²) in [5.74, 6) is -0.547. The molecule has 1 rings (SSSR count). The summed E-state index contributed by atoms with van der Waals surface area (Å²) in [5.41, 5.74) is 0.435. The molecular formula is C10H8BrClO3. The van der Waals surface area contributed by atoms with Crippen molar-refractivity contribution in [2.24, 2.45) is 0 Å². The number of halogens is 2. The van der Waals surface area contributed by atoms with Crippen LogP contribution in [-0.2, 0) is 4.74 Å². The minimum atomic E-state index is -0.547. The first-order valence-electron chi connectivity index (χ1n) is 4.21. The van der Waals surface area contributed by atoms with Crippen molar-refractivity contribution < 1.29 is 14.3 Å². The number of carbonyl (C=O) groups excluding carboxylic acids is 2. The SMILES string of the molecule is CCOC(=O)c1cc(Cl)c(Br)cc1C=O. The number of aldehydes is 1. The maximum atomic E-state index is 11.4. The molecule has 15 heavy (non-hydrogen) atoms. The fourth-order valence-corrected chi connectivity index (χ4v) is 1.57. The van der Waals surface area contributed by atoms with Gasteiger partial charge in [-0.25, -0.2) is 4.79 Å². The van der Waals surface area contributed by atoms with Crippen molar-refractivity contribution in [2.75, 3.05) is 6.61 Å². The summed E-state index contributed by atoms with van der Waals surface area (Å²) in [5, 5.41) is 0.364. The van der Waals surface area contributed by atoms with Gasteiger partial charge in [0.1, 0.15) is 0 Å². The predicted octanol–water partition coefficient (Wildman–Crippen LogP) is 3.09. The number of hydrogen-bond acceptors (Lipinski definition) is 3. The van der Waals surface area contributed by atoms with E-state index in [2.05, 4.69) is 15.9 Å². The average molecular weight is 292 g/mol. The lowest BCUT2D eigenvalue weighted by atomic mass is 10.1. The normalized spacial score (nSPS) is 9.80. The number of hydrogen-bond donors (Lipinski definition) is 0. The Bertz CT molecular complexity index is 404. The highest BCUT2D eigenvalue weighted by Gasteiger charge is 2.14. The van der Waals surface area contributed by atoms with Crippen LogP contribution in [0, 0.1) is 0 Å². The van der Waals surface area contributed by atoms with E-state index >= 15 is 0 Å². The van der Waals surface area contributed by atoms with E-state index in [0.29, 0.717) is 15.8 Å². The molecule has 0 saturated heterocycles. The maximum absolute atomic E-state index is 11.4. The van der Waals surface area contributed by atoms with E-state index in [1.165, 1.54) is 12.1 Å². The summed E-state index contributed by atoms with van der Waals surface area (Å²) in [6.45, 7) is 1.95. The van der Waals surface area contributed by atoms with E-state index in [4.69, 9.17) is 16.3 Å². The van der Waals surface area contributed by atoms with Gasteiger partial charge in [0.05, 0.1) is 17.2 Å². The number of esters is 1. The van der Waals surface area contributed by atoms with Crippen molar-refractivity contribution in [2.45, 2.75) is 6.92 Å². The molecule has 0 N–H and O–H groups in total. The van der Waals surface area contributed by atoms with Gasteiger partial charge in [-0.15, -0.1) is 0 Å². The molecular weight excluding hydrogens is 283 g/mol. The maximum Gasteiger partial charge on any atom is 0.338 e. The van der Waals surface area contributed by atoms with Gasteiger partial charge in [-0.2, -0.15) is 0 Å². The first-order valence-corrected chi connectivity index (χ1v) is 5.38. The molecule has 0 fully saturated rings. The van der Waals surface area contributed by atoms with Crippen molar-refractivity contribution in [1.82, 2.24) is 0 Å². The van der Waals surface area contributed by atoms with Crippen LogP contribution in [0.25, 0.3) is 0 Å². The lowest BCUT2D eigenvalue weighted by Gasteiger charge is -2.06. The molecule has 0 saturated carbocycles. The van der Waals surface area contributed by atoms with Crippen LogP contribution in [0.2, 0.25) is 5.02 Å². The van der Waals surface area contributed by atoms with Crippen LogP contribution in [0.15, 0.2) is 16.6 Å². The second-order valence-corrected chi connectivity index (χ2v) is 3.95. The quantitative estimate of drug-likeness (QED) is 0.635. The Kier molecular flexibility index (Phi) is 4.29. The molecule has 0 aliphatic rings. The van der Waals surface area contributed by atoms with Gasteiger partial charge in [-0.1, -0.05) is 11.6 Å². The second-order valence-electron chi connectivity index (χ2n) is 2.69. The van der Waals surface area contributed by atoms with Gasteiger partial charge in [-0.05, 0) is 35.0 Å². The topological polar surface area (TPSA) is 43.4 Å². The van der Waals surface area contributed by atoms with Crippen molar-refractivity contribution in [3.05, 3.63) is 32.8 Å².